The van der Waals surface area contributed by atoms with Crippen molar-refractivity contribution in [3.8, 4) is 0 Å². The fourth-order valence-electron chi connectivity index (χ4n) is 2.10. The van der Waals surface area contributed by atoms with Gasteiger partial charge >= 0.3 is 0 Å². The molecule has 4 nitrogen and oxygen atoms in total. The van der Waals surface area contributed by atoms with Crippen molar-refractivity contribution >= 4 is 11.1 Å². The van der Waals surface area contributed by atoms with Crippen LogP contribution in [-0.4, -0.2) is 31.3 Å². The lowest BCUT2D eigenvalue weighted by atomic mass is 10.1. The van der Waals surface area contributed by atoms with Gasteiger partial charge in [-0.25, -0.2) is 4.98 Å². The number of ether oxygens (including phenoxy) is 1. The van der Waals surface area contributed by atoms with Gasteiger partial charge in [0, 0.05) is 26.2 Å². The quantitative estimate of drug-likeness (QED) is 0.794. The lowest BCUT2D eigenvalue weighted by molar-refractivity contribution is 0.181. The number of methoxy groups -OCH3 is 1. The van der Waals surface area contributed by atoms with Gasteiger partial charge in [-0.2, -0.15) is 0 Å². The van der Waals surface area contributed by atoms with Crippen LogP contribution in [0.25, 0.3) is 11.1 Å². The summed E-state index contributed by atoms with van der Waals surface area (Å²) in [4.78, 5) is 4.52. The van der Waals surface area contributed by atoms with Crippen molar-refractivity contribution in [3.63, 3.8) is 0 Å². The molecule has 0 aliphatic carbocycles. The molecule has 0 saturated carbocycles. The summed E-state index contributed by atoms with van der Waals surface area (Å²) in [7, 11) is 1.73. The Morgan fingerprint density at radius 3 is 2.95 bits per heavy atom. The summed E-state index contributed by atoms with van der Waals surface area (Å²) < 4.78 is 10.9. The maximum Gasteiger partial charge on any atom is 0.197 e. The first-order chi connectivity index (χ1) is 9.33. The van der Waals surface area contributed by atoms with Crippen molar-refractivity contribution in [3.05, 3.63) is 30.2 Å². The van der Waals surface area contributed by atoms with E-state index in [2.05, 4.69) is 17.2 Å². The van der Waals surface area contributed by atoms with E-state index in [0.29, 0.717) is 6.04 Å². The third kappa shape index (κ3) is 4.04. The summed E-state index contributed by atoms with van der Waals surface area (Å²) in [6.07, 6.45) is 2.89. The number of fused-ring (bicyclic) bond motifs is 1. The minimum absolute atomic E-state index is 0.355. The number of hydrogen-bond acceptors (Lipinski definition) is 4. The minimum Gasteiger partial charge on any atom is -0.441 e. The average molecular weight is 262 g/mol. The predicted octanol–water partition coefficient (Wildman–Crippen LogP) is 2.78. The van der Waals surface area contributed by atoms with E-state index in [4.69, 9.17) is 9.15 Å². The topological polar surface area (TPSA) is 47.3 Å². The van der Waals surface area contributed by atoms with Crippen LogP contribution in [0.2, 0.25) is 0 Å². The molecule has 0 saturated heterocycles. The van der Waals surface area contributed by atoms with Gasteiger partial charge in [0.25, 0.3) is 0 Å². The van der Waals surface area contributed by atoms with Crippen LogP contribution in [0.4, 0.5) is 0 Å². The zero-order valence-electron chi connectivity index (χ0n) is 11.7. The fraction of sp³-hybridized carbons (Fsp3) is 0.533. The van der Waals surface area contributed by atoms with Gasteiger partial charge in [0.1, 0.15) is 5.52 Å². The van der Waals surface area contributed by atoms with E-state index >= 15 is 0 Å². The van der Waals surface area contributed by atoms with Crippen molar-refractivity contribution in [2.75, 3.05) is 20.3 Å². The third-order valence-corrected chi connectivity index (χ3v) is 3.11. The number of hydrogen-bond donors (Lipinski definition) is 1. The molecule has 0 amide bonds. The predicted molar refractivity (Wildman–Crippen MR) is 76.3 cm³/mol. The van der Waals surface area contributed by atoms with Crippen LogP contribution in [0.15, 0.2) is 28.7 Å². The lowest BCUT2D eigenvalue weighted by Gasteiger charge is -2.16. The van der Waals surface area contributed by atoms with Gasteiger partial charge in [-0.3, -0.25) is 0 Å². The highest BCUT2D eigenvalue weighted by atomic mass is 16.5. The summed E-state index contributed by atoms with van der Waals surface area (Å²) in [5.41, 5.74) is 1.79. The molecule has 1 N–H and O–H groups in total. The van der Waals surface area contributed by atoms with E-state index in [0.717, 1.165) is 49.4 Å². The highest BCUT2D eigenvalue weighted by Crippen LogP contribution is 2.16. The van der Waals surface area contributed by atoms with Crippen LogP contribution < -0.4 is 5.32 Å². The van der Waals surface area contributed by atoms with Crippen LogP contribution in [0.3, 0.4) is 0 Å². The number of rotatable bonds is 8. The van der Waals surface area contributed by atoms with Gasteiger partial charge < -0.3 is 14.5 Å². The number of oxazole rings is 1. The lowest BCUT2D eigenvalue weighted by Crippen LogP contribution is -2.33. The molecule has 1 aromatic carbocycles. The molecule has 4 heteroatoms. The third-order valence-electron chi connectivity index (χ3n) is 3.11. The second-order valence-electron chi connectivity index (χ2n) is 4.71. The summed E-state index contributed by atoms with van der Waals surface area (Å²) in [6, 6.07) is 8.23. The van der Waals surface area contributed by atoms with E-state index in [9.17, 15) is 0 Å². The molecule has 0 aliphatic rings. The van der Waals surface area contributed by atoms with E-state index in [1.54, 1.807) is 7.11 Å². The van der Waals surface area contributed by atoms with Crippen LogP contribution in [0, 0.1) is 0 Å². The second-order valence-corrected chi connectivity index (χ2v) is 4.71. The van der Waals surface area contributed by atoms with Crippen molar-refractivity contribution in [1.29, 1.82) is 0 Å². The highest BCUT2D eigenvalue weighted by Gasteiger charge is 2.13. The Morgan fingerprint density at radius 1 is 1.37 bits per heavy atom. The molecular weight excluding hydrogens is 240 g/mol. The van der Waals surface area contributed by atoms with E-state index in [1.165, 1.54) is 0 Å². The molecule has 0 bridgehead atoms. The second kappa shape index (κ2) is 7.26. The molecular formula is C15H22N2O2. The van der Waals surface area contributed by atoms with Gasteiger partial charge in [-0.15, -0.1) is 0 Å². The molecule has 0 fully saturated rings. The van der Waals surface area contributed by atoms with Crippen LogP contribution in [-0.2, 0) is 11.2 Å². The standard InChI is InChI=1S/C15H22N2O2/c1-3-9-16-12(8-10-18-2)11-15-17-13-6-4-5-7-14(13)19-15/h4-7,12,16H,3,8-11H2,1-2H3. The van der Waals surface area contributed by atoms with Crippen LogP contribution in [0.5, 0.6) is 0 Å². The molecule has 0 aliphatic heterocycles. The molecule has 19 heavy (non-hydrogen) atoms. The van der Waals surface area contributed by atoms with Crippen LogP contribution >= 0.6 is 0 Å². The average Bonchev–Trinajstić information content (AvgIpc) is 2.84. The monoisotopic (exact) mass is 262 g/mol. The molecule has 1 aromatic heterocycles. The summed E-state index contributed by atoms with van der Waals surface area (Å²) in [6.45, 7) is 3.93. The molecule has 0 spiro atoms. The molecule has 1 atom stereocenters. The Morgan fingerprint density at radius 2 is 2.21 bits per heavy atom. The number of aromatic nitrogens is 1. The fourth-order valence-corrected chi connectivity index (χ4v) is 2.10. The van der Waals surface area contributed by atoms with Crippen molar-refractivity contribution in [1.82, 2.24) is 10.3 Å². The highest BCUT2D eigenvalue weighted by molar-refractivity contribution is 5.72. The number of nitrogens with zero attached hydrogens (tertiary/aromatic N) is 1. The van der Waals surface area contributed by atoms with Crippen molar-refractivity contribution in [2.24, 2.45) is 0 Å². The Bertz CT molecular complexity index is 455. The summed E-state index contributed by atoms with van der Waals surface area (Å²) in [5.74, 6) is 0.797. The molecule has 2 aromatic rings. The van der Waals surface area contributed by atoms with Gasteiger partial charge in [-0.1, -0.05) is 19.1 Å². The van der Waals surface area contributed by atoms with Gasteiger partial charge in [0.2, 0.25) is 0 Å². The number of benzene rings is 1. The first kappa shape index (κ1) is 14.0. The Hall–Kier alpha value is -1.39. The van der Waals surface area contributed by atoms with E-state index < -0.39 is 0 Å². The maximum atomic E-state index is 5.77. The zero-order chi connectivity index (χ0) is 13.5. The first-order valence-corrected chi connectivity index (χ1v) is 6.90. The van der Waals surface area contributed by atoms with E-state index in [-0.39, 0.29) is 0 Å². The first-order valence-electron chi connectivity index (χ1n) is 6.90. The summed E-state index contributed by atoms with van der Waals surface area (Å²) in [5, 5.41) is 3.52. The normalized spacial score (nSPS) is 12.9. The SMILES string of the molecule is CCCNC(CCOC)Cc1nc2ccccc2o1. The minimum atomic E-state index is 0.355. The number of nitrogens with one attached hydrogen (secondary N) is 1. The molecule has 104 valence electrons. The van der Waals surface area contributed by atoms with Gasteiger partial charge in [-0.05, 0) is 31.5 Å². The van der Waals surface area contributed by atoms with Gasteiger partial charge in [0.15, 0.2) is 11.5 Å². The number of para-hydroxylation sites is 2. The molecule has 0 radical (unpaired) electrons. The Labute approximate surface area is 114 Å². The van der Waals surface area contributed by atoms with Gasteiger partial charge in [0.05, 0.1) is 0 Å². The maximum absolute atomic E-state index is 5.77. The summed E-state index contributed by atoms with van der Waals surface area (Å²) >= 11 is 0. The van der Waals surface area contributed by atoms with Crippen molar-refractivity contribution in [2.45, 2.75) is 32.2 Å². The van der Waals surface area contributed by atoms with Crippen molar-refractivity contribution < 1.29 is 9.15 Å². The Kier molecular flexibility index (Phi) is 5.36. The Balaban J connectivity index is 2.01. The molecule has 2 rings (SSSR count). The molecule has 1 unspecified atom stereocenters. The largest absolute Gasteiger partial charge is 0.441 e. The smallest absolute Gasteiger partial charge is 0.197 e. The zero-order valence-corrected chi connectivity index (χ0v) is 11.7. The van der Waals surface area contributed by atoms with Crippen LogP contribution in [0.1, 0.15) is 25.7 Å². The van der Waals surface area contributed by atoms with E-state index in [1.807, 2.05) is 24.3 Å². The molecule has 1 heterocycles.